The monoisotopic (exact) mass is 291 g/mol. The fourth-order valence-electron chi connectivity index (χ4n) is 1.79. The van der Waals surface area contributed by atoms with Crippen LogP contribution in [0, 0.1) is 5.82 Å². The van der Waals surface area contributed by atoms with E-state index in [4.69, 9.17) is 11.6 Å². The van der Waals surface area contributed by atoms with Crippen LogP contribution in [0.1, 0.15) is 35.7 Å². The van der Waals surface area contributed by atoms with Crippen molar-refractivity contribution in [3.8, 4) is 0 Å². The molecule has 1 amide bonds. The molecule has 0 aliphatic rings. The Bertz CT molecular complexity index is 623. The highest BCUT2D eigenvalue weighted by molar-refractivity contribution is 6.31. The van der Waals surface area contributed by atoms with Gasteiger partial charge in [-0.3, -0.25) is 4.79 Å². The highest BCUT2D eigenvalue weighted by Crippen LogP contribution is 2.19. The first-order valence-corrected chi connectivity index (χ1v) is 6.71. The van der Waals surface area contributed by atoms with Crippen LogP contribution in [0.15, 0.2) is 42.5 Å². The molecule has 0 aliphatic carbocycles. The van der Waals surface area contributed by atoms with Crippen molar-refractivity contribution >= 4 is 23.2 Å². The summed E-state index contributed by atoms with van der Waals surface area (Å²) in [5.74, 6) is -0.413. The van der Waals surface area contributed by atoms with Gasteiger partial charge in [0.1, 0.15) is 5.82 Å². The molecule has 20 heavy (non-hydrogen) atoms. The predicted octanol–water partition coefficient (Wildman–Crippen LogP) is 4.85. The van der Waals surface area contributed by atoms with E-state index in [1.165, 1.54) is 23.8 Å². The summed E-state index contributed by atoms with van der Waals surface area (Å²) >= 11 is 5.66. The molecule has 104 valence electrons. The van der Waals surface area contributed by atoms with E-state index in [1.54, 1.807) is 0 Å². The van der Waals surface area contributed by atoms with Crippen molar-refractivity contribution in [2.24, 2.45) is 0 Å². The quantitative estimate of drug-likeness (QED) is 0.860. The molecule has 0 saturated heterocycles. The average Bonchev–Trinajstić information content (AvgIpc) is 2.42. The summed E-state index contributed by atoms with van der Waals surface area (Å²) in [6, 6.07) is 11.5. The Morgan fingerprint density at radius 3 is 2.35 bits per heavy atom. The maximum absolute atomic E-state index is 13.0. The summed E-state index contributed by atoms with van der Waals surface area (Å²) in [6.07, 6.45) is 0. The molecular weight excluding hydrogens is 277 g/mol. The van der Waals surface area contributed by atoms with Gasteiger partial charge in [-0.25, -0.2) is 4.39 Å². The fraction of sp³-hybridized carbons (Fsp3) is 0.188. The lowest BCUT2D eigenvalue weighted by atomic mass is 10.0. The molecule has 2 nitrogen and oxygen atoms in total. The van der Waals surface area contributed by atoms with Gasteiger partial charge in [0.15, 0.2) is 0 Å². The molecular formula is C16H15ClFNO. The van der Waals surface area contributed by atoms with Gasteiger partial charge in [0, 0.05) is 11.3 Å². The Kier molecular flexibility index (Phi) is 4.40. The lowest BCUT2D eigenvalue weighted by Crippen LogP contribution is -2.12. The summed E-state index contributed by atoms with van der Waals surface area (Å²) in [5.41, 5.74) is 2.22. The van der Waals surface area contributed by atoms with Crippen LogP contribution in [0.5, 0.6) is 0 Å². The van der Waals surface area contributed by atoms with Crippen LogP contribution in [0.2, 0.25) is 5.02 Å². The molecule has 2 aromatic rings. The highest BCUT2D eigenvalue weighted by atomic mass is 35.5. The molecule has 0 radical (unpaired) electrons. The van der Waals surface area contributed by atoms with E-state index < -0.39 is 5.82 Å². The van der Waals surface area contributed by atoms with E-state index >= 15 is 0 Å². The fourth-order valence-corrected chi connectivity index (χ4v) is 1.97. The molecule has 0 bridgehead atoms. The molecule has 0 heterocycles. The third-order valence-electron chi connectivity index (χ3n) is 3.02. The zero-order valence-corrected chi connectivity index (χ0v) is 12.0. The smallest absolute Gasteiger partial charge is 0.255 e. The summed E-state index contributed by atoms with van der Waals surface area (Å²) in [5, 5.41) is 2.69. The Hall–Kier alpha value is -1.87. The van der Waals surface area contributed by atoms with Crippen LogP contribution in [0.4, 0.5) is 10.1 Å². The Morgan fingerprint density at radius 2 is 1.80 bits per heavy atom. The lowest BCUT2D eigenvalue weighted by molar-refractivity contribution is 0.102. The van der Waals surface area contributed by atoms with Crippen molar-refractivity contribution in [2.75, 3.05) is 5.32 Å². The van der Waals surface area contributed by atoms with Gasteiger partial charge in [0.25, 0.3) is 5.91 Å². The van der Waals surface area contributed by atoms with Gasteiger partial charge in [-0.05, 0) is 41.8 Å². The lowest BCUT2D eigenvalue weighted by Gasteiger charge is -2.08. The first kappa shape index (κ1) is 14.5. The molecule has 2 rings (SSSR count). The number of carbonyl (C=O) groups excluding carboxylic acids is 1. The van der Waals surface area contributed by atoms with Gasteiger partial charge in [-0.1, -0.05) is 37.6 Å². The minimum absolute atomic E-state index is 0.0622. The molecule has 0 atom stereocenters. The number of benzene rings is 2. The molecule has 0 aromatic heterocycles. The maximum Gasteiger partial charge on any atom is 0.255 e. The summed E-state index contributed by atoms with van der Waals surface area (Å²) in [7, 11) is 0. The third-order valence-corrected chi connectivity index (χ3v) is 3.31. The summed E-state index contributed by atoms with van der Waals surface area (Å²) in [6.45, 7) is 4.21. The van der Waals surface area contributed by atoms with Gasteiger partial charge >= 0.3 is 0 Å². The van der Waals surface area contributed by atoms with Crippen molar-refractivity contribution in [3.63, 3.8) is 0 Å². The standard InChI is InChI=1S/C16H15ClFNO/c1-10(2)11-3-6-13(7-4-11)19-16(20)12-5-8-15(18)14(17)9-12/h3-10H,1-2H3,(H,19,20). The van der Waals surface area contributed by atoms with Crippen LogP contribution >= 0.6 is 11.6 Å². The molecule has 0 spiro atoms. The second-order valence-corrected chi connectivity index (χ2v) is 5.27. The van der Waals surface area contributed by atoms with Gasteiger partial charge in [-0.2, -0.15) is 0 Å². The van der Waals surface area contributed by atoms with Crippen LogP contribution < -0.4 is 5.32 Å². The number of hydrogen-bond donors (Lipinski definition) is 1. The number of carbonyl (C=O) groups is 1. The molecule has 4 heteroatoms. The first-order valence-electron chi connectivity index (χ1n) is 6.33. The molecule has 0 saturated carbocycles. The zero-order chi connectivity index (χ0) is 14.7. The van der Waals surface area contributed by atoms with Crippen LogP contribution in [0.3, 0.4) is 0 Å². The molecule has 2 aromatic carbocycles. The Labute approximate surface area is 122 Å². The van der Waals surface area contributed by atoms with Gasteiger partial charge in [0.2, 0.25) is 0 Å². The largest absolute Gasteiger partial charge is 0.322 e. The highest BCUT2D eigenvalue weighted by Gasteiger charge is 2.09. The molecule has 0 fully saturated rings. The maximum atomic E-state index is 13.0. The van der Waals surface area contributed by atoms with Gasteiger partial charge in [0.05, 0.1) is 5.02 Å². The van der Waals surface area contributed by atoms with E-state index in [-0.39, 0.29) is 10.9 Å². The molecule has 0 unspecified atom stereocenters. The predicted molar refractivity (Wildman–Crippen MR) is 79.9 cm³/mol. The third kappa shape index (κ3) is 3.36. The number of hydrogen-bond acceptors (Lipinski definition) is 1. The normalized spacial score (nSPS) is 10.7. The molecule has 1 N–H and O–H groups in total. The number of rotatable bonds is 3. The topological polar surface area (TPSA) is 29.1 Å². The van der Waals surface area contributed by atoms with Crippen molar-refractivity contribution in [1.82, 2.24) is 0 Å². The average molecular weight is 292 g/mol. The number of nitrogens with one attached hydrogen (secondary N) is 1. The van der Waals surface area contributed by atoms with Crippen molar-refractivity contribution in [1.29, 1.82) is 0 Å². The Balaban J connectivity index is 2.12. The summed E-state index contributed by atoms with van der Waals surface area (Å²) in [4.78, 5) is 12.0. The van der Waals surface area contributed by atoms with E-state index in [2.05, 4.69) is 19.2 Å². The van der Waals surface area contributed by atoms with Crippen molar-refractivity contribution in [2.45, 2.75) is 19.8 Å². The van der Waals surface area contributed by atoms with E-state index in [9.17, 15) is 9.18 Å². The first-order chi connectivity index (χ1) is 9.47. The zero-order valence-electron chi connectivity index (χ0n) is 11.3. The Morgan fingerprint density at radius 1 is 1.15 bits per heavy atom. The molecule has 0 aliphatic heterocycles. The van der Waals surface area contributed by atoms with Gasteiger partial charge in [-0.15, -0.1) is 0 Å². The van der Waals surface area contributed by atoms with Crippen LogP contribution in [-0.2, 0) is 0 Å². The second-order valence-electron chi connectivity index (χ2n) is 4.86. The van der Waals surface area contributed by atoms with Gasteiger partial charge < -0.3 is 5.32 Å². The van der Waals surface area contributed by atoms with Crippen LogP contribution in [-0.4, -0.2) is 5.91 Å². The summed E-state index contributed by atoms with van der Waals surface area (Å²) < 4.78 is 13.0. The number of halogens is 2. The minimum Gasteiger partial charge on any atom is -0.322 e. The van der Waals surface area contributed by atoms with E-state index in [1.807, 2.05) is 24.3 Å². The minimum atomic E-state index is -0.537. The van der Waals surface area contributed by atoms with E-state index in [0.29, 0.717) is 17.2 Å². The second kappa shape index (κ2) is 6.06. The van der Waals surface area contributed by atoms with E-state index in [0.717, 1.165) is 0 Å². The van der Waals surface area contributed by atoms with Crippen molar-refractivity contribution < 1.29 is 9.18 Å². The van der Waals surface area contributed by atoms with Crippen molar-refractivity contribution in [3.05, 3.63) is 64.4 Å². The SMILES string of the molecule is CC(C)c1ccc(NC(=O)c2ccc(F)c(Cl)c2)cc1. The van der Waals surface area contributed by atoms with Crippen LogP contribution in [0.25, 0.3) is 0 Å². The number of amides is 1. The number of anilines is 1.